The minimum atomic E-state index is -0.104. The maximum atomic E-state index is 5.26. The van der Waals surface area contributed by atoms with E-state index in [4.69, 9.17) is 9.97 Å². The van der Waals surface area contributed by atoms with Gasteiger partial charge in [0.05, 0.1) is 15.9 Å². The molecule has 2 nitrogen and oxygen atoms in total. The van der Waals surface area contributed by atoms with Crippen molar-refractivity contribution in [1.82, 2.24) is 9.97 Å². The zero-order chi connectivity index (χ0) is 38.6. The molecule has 0 unspecified atom stereocenters. The van der Waals surface area contributed by atoms with Crippen LogP contribution in [-0.4, -0.2) is 9.97 Å². The molecule has 1 spiro atoms. The molecular formula is C55H42N2S. The van der Waals surface area contributed by atoms with E-state index in [1.807, 2.05) is 6.07 Å². The van der Waals surface area contributed by atoms with E-state index < -0.39 is 0 Å². The van der Waals surface area contributed by atoms with Gasteiger partial charge in [0.1, 0.15) is 0 Å². The number of thiophene rings is 1. The van der Waals surface area contributed by atoms with Crippen LogP contribution < -0.4 is 0 Å². The highest BCUT2D eigenvalue weighted by Crippen LogP contribution is 2.60. The Morgan fingerprint density at radius 1 is 0.448 bits per heavy atom. The summed E-state index contributed by atoms with van der Waals surface area (Å²) in [6, 6.07) is 58.6. The molecule has 3 heteroatoms. The summed E-state index contributed by atoms with van der Waals surface area (Å²) in [6.07, 6.45) is 6.49. The standard InChI is InChI=1S/C55H42N2S/c1-54(2)46-31-38(25-26-41(46)43-33-48-44(32-47(43)54)40-21-7-9-23-45(40)55(48)27-11-4-12-28-55)36-18-13-17-35(29-36)37-19-14-20-39(30-37)50-52-51(42-22-8-10-24-49(42)58-52)57-53(56-50)34-15-5-3-6-16-34/h3,5-10,13-26,29-33H,4,11-12,27-28H2,1-2H3. The summed E-state index contributed by atoms with van der Waals surface area (Å²) in [6.45, 7) is 4.85. The third-order valence-electron chi connectivity index (χ3n) is 13.7. The first-order valence-corrected chi connectivity index (χ1v) is 21.7. The molecule has 278 valence electrons. The molecule has 0 bridgehead atoms. The molecule has 1 fully saturated rings. The number of fused-ring (bicyclic) bond motifs is 11. The Morgan fingerprint density at radius 3 is 1.86 bits per heavy atom. The number of rotatable bonds is 4. The molecule has 2 heterocycles. The van der Waals surface area contributed by atoms with Gasteiger partial charge in [0.25, 0.3) is 0 Å². The number of hydrogen-bond donors (Lipinski definition) is 0. The number of nitrogens with zero attached hydrogens (tertiary/aromatic N) is 2. The van der Waals surface area contributed by atoms with E-state index >= 15 is 0 Å². The number of benzene rings is 7. The lowest BCUT2D eigenvalue weighted by Crippen LogP contribution is -2.28. The zero-order valence-corrected chi connectivity index (χ0v) is 33.7. The lowest BCUT2D eigenvalue weighted by Gasteiger charge is -2.36. The average molecular weight is 763 g/mol. The molecule has 12 rings (SSSR count). The van der Waals surface area contributed by atoms with Gasteiger partial charge < -0.3 is 0 Å². The summed E-state index contributed by atoms with van der Waals surface area (Å²) >= 11 is 1.78. The Kier molecular flexibility index (Phi) is 7.41. The van der Waals surface area contributed by atoms with Crippen LogP contribution in [0, 0.1) is 0 Å². The molecule has 7 aromatic carbocycles. The third kappa shape index (κ3) is 4.96. The van der Waals surface area contributed by atoms with Crippen molar-refractivity contribution >= 4 is 31.6 Å². The van der Waals surface area contributed by atoms with Crippen molar-refractivity contribution in [2.24, 2.45) is 0 Å². The number of aromatic nitrogens is 2. The van der Waals surface area contributed by atoms with E-state index in [-0.39, 0.29) is 10.8 Å². The first kappa shape index (κ1) is 33.9. The highest BCUT2D eigenvalue weighted by molar-refractivity contribution is 7.26. The fourth-order valence-electron chi connectivity index (χ4n) is 10.8. The zero-order valence-electron chi connectivity index (χ0n) is 32.8. The van der Waals surface area contributed by atoms with E-state index in [9.17, 15) is 0 Å². The summed E-state index contributed by atoms with van der Waals surface area (Å²) in [7, 11) is 0. The van der Waals surface area contributed by atoms with Gasteiger partial charge in [-0.2, -0.15) is 0 Å². The van der Waals surface area contributed by atoms with Crippen LogP contribution in [0.5, 0.6) is 0 Å². The molecule has 0 amide bonds. The molecule has 1 saturated carbocycles. The van der Waals surface area contributed by atoms with Gasteiger partial charge in [0.15, 0.2) is 5.82 Å². The van der Waals surface area contributed by atoms with Crippen LogP contribution in [0.4, 0.5) is 0 Å². The second kappa shape index (κ2) is 12.7. The van der Waals surface area contributed by atoms with Crippen LogP contribution in [0.25, 0.3) is 87.5 Å². The molecule has 58 heavy (non-hydrogen) atoms. The van der Waals surface area contributed by atoms with Gasteiger partial charge in [-0.15, -0.1) is 11.3 Å². The predicted molar refractivity (Wildman–Crippen MR) is 244 cm³/mol. The van der Waals surface area contributed by atoms with Crippen molar-refractivity contribution in [3.63, 3.8) is 0 Å². The lowest BCUT2D eigenvalue weighted by atomic mass is 9.67. The van der Waals surface area contributed by atoms with Crippen LogP contribution in [0.1, 0.15) is 68.2 Å². The molecule has 0 saturated heterocycles. The summed E-state index contributed by atoms with van der Waals surface area (Å²) in [5, 5.41) is 1.18. The van der Waals surface area contributed by atoms with Gasteiger partial charge in [0.2, 0.25) is 0 Å². The Morgan fingerprint density at radius 2 is 1.05 bits per heavy atom. The van der Waals surface area contributed by atoms with Crippen LogP contribution >= 0.6 is 11.3 Å². The van der Waals surface area contributed by atoms with E-state index in [0.29, 0.717) is 0 Å². The summed E-state index contributed by atoms with van der Waals surface area (Å²) in [5.74, 6) is 0.753. The molecule has 2 aromatic heterocycles. The van der Waals surface area contributed by atoms with Gasteiger partial charge >= 0.3 is 0 Å². The van der Waals surface area contributed by atoms with Crippen LogP contribution in [0.3, 0.4) is 0 Å². The van der Waals surface area contributed by atoms with Crippen LogP contribution in [0.15, 0.2) is 158 Å². The molecule has 3 aliphatic rings. The van der Waals surface area contributed by atoms with Crippen molar-refractivity contribution < 1.29 is 0 Å². The molecule has 0 aliphatic heterocycles. The largest absolute Gasteiger partial charge is 0.226 e. The van der Waals surface area contributed by atoms with Gasteiger partial charge in [-0.25, -0.2) is 9.97 Å². The molecule has 0 atom stereocenters. The fraction of sp³-hybridized carbons (Fsp3) is 0.164. The molecule has 0 radical (unpaired) electrons. The maximum absolute atomic E-state index is 5.26. The van der Waals surface area contributed by atoms with E-state index in [1.54, 1.807) is 22.5 Å². The second-order valence-electron chi connectivity index (χ2n) is 17.2. The fourth-order valence-corrected chi connectivity index (χ4v) is 11.9. The highest BCUT2D eigenvalue weighted by Gasteiger charge is 2.46. The van der Waals surface area contributed by atoms with Crippen molar-refractivity contribution in [3.8, 4) is 67.2 Å². The van der Waals surface area contributed by atoms with Crippen LogP contribution in [0.2, 0.25) is 0 Å². The van der Waals surface area contributed by atoms with E-state index in [1.165, 1.54) is 97.8 Å². The van der Waals surface area contributed by atoms with E-state index in [2.05, 4.69) is 166 Å². The van der Waals surface area contributed by atoms with Gasteiger partial charge in [0, 0.05) is 32.0 Å². The molecular weight excluding hydrogens is 721 g/mol. The van der Waals surface area contributed by atoms with Crippen molar-refractivity contribution in [1.29, 1.82) is 0 Å². The summed E-state index contributed by atoms with van der Waals surface area (Å²) in [5.41, 5.74) is 20.8. The van der Waals surface area contributed by atoms with Gasteiger partial charge in [-0.05, 0) is 116 Å². The Bertz CT molecular complexity index is 3130. The quantitative estimate of drug-likeness (QED) is 0.178. The predicted octanol–water partition coefficient (Wildman–Crippen LogP) is 15.0. The normalized spacial score (nSPS) is 15.7. The lowest BCUT2D eigenvalue weighted by molar-refractivity contribution is 0.353. The van der Waals surface area contributed by atoms with Crippen molar-refractivity contribution in [2.45, 2.75) is 56.8 Å². The molecule has 9 aromatic rings. The Balaban J connectivity index is 0.933. The monoisotopic (exact) mass is 762 g/mol. The average Bonchev–Trinajstić information content (AvgIpc) is 3.86. The smallest absolute Gasteiger partial charge is 0.160 e. The minimum Gasteiger partial charge on any atom is -0.226 e. The van der Waals surface area contributed by atoms with Crippen molar-refractivity contribution in [2.75, 3.05) is 0 Å². The first-order chi connectivity index (χ1) is 28.5. The topological polar surface area (TPSA) is 25.8 Å². The Hall–Kier alpha value is -6.16. The van der Waals surface area contributed by atoms with Gasteiger partial charge in [-0.1, -0.05) is 154 Å². The SMILES string of the molecule is CC1(C)c2cc(-c3cccc(-c4cccc(-c5nc(-c6ccccc6)nc6c5sc5ccccc56)c4)c3)ccc2-c2cc3c(cc21)-c1ccccc1C31CCCCC1. The maximum Gasteiger partial charge on any atom is 0.160 e. The number of hydrogen-bond acceptors (Lipinski definition) is 3. The second-order valence-corrected chi connectivity index (χ2v) is 18.3. The third-order valence-corrected chi connectivity index (χ3v) is 14.9. The Labute approximate surface area is 343 Å². The summed E-state index contributed by atoms with van der Waals surface area (Å²) in [4.78, 5) is 10.4. The first-order valence-electron chi connectivity index (χ1n) is 20.9. The summed E-state index contributed by atoms with van der Waals surface area (Å²) < 4.78 is 2.35. The van der Waals surface area contributed by atoms with Crippen molar-refractivity contribution in [3.05, 3.63) is 180 Å². The minimum absolute atomic E-state index is 0.104. The molecule has 3 aliphatic carbocycles. The van der Waals surface area contributed by atoms with Crippen LogP contribution in [-0.2, 0) is 10.8 Å². The highest BCUT2D eigenvalue weighted by atomic mass is 32.1. The van der Waals surface area contributed by atoms with E-state index in [0.717, 1.165) is 32.9 Å². The van der Waals surface area contributed by atoms with Gasteiger partial charge in [-0.3, -0.25) is 0 Å². The molecule has 0 N–H and O–H groups in total.